The fraction of sp³-hybridized carbons (Fsp3) is 0.167. The van der Waals surface area contributed by atoms with Crippen LogP contribution in [0.25, 0.3) is 10.9 Å². The molecule has 8 heteroatoms. The number of ether oxygens (including phenoxy) is 1. The summed E-state index contributed by atoms with van der Waals surface area (Å²) in [7, 11) is 0. The van der Waals surface area contributed by atoms with Gasteiger partial charge in [-0.15, -0.1) is 13.2 Å². The second-order valence-corrected chi connectivity index (χ2v) is 6.14. The smallest absolute Gasteiger partial charge is 0.406 e. The van der Waals surface area contributed by atoms with Gasteiger partial charge in [-0.1, -0.05) is 23.7 Å². The van der Waals surface area contributed by atoms with Gasteiger partial charge in [-0.05, 0) is 42.8 Å². The number of alkyl halides is 3. The highest BCUT2D eigenvalue weighted by Crippen LogP contribution is 2.32. The highest BCUT2D eigenvalue weighted by Gasteiger charge is 2.31. The quantitative estimate of drug-likeness (QED) is 0.460. The van der Waals surface area contributed by atoms with E-state index in [2.05, 4.69) is 15.0 Å². The first-order valence-electron chi connectivity index (χ1n) is 7.69. The zero-order valence-electron chi connectivity index (χ0n) is 13.6. The van der Waals surface area contributed by atoms with Crippen LogP contribution >= 0.6 is 11.6 Å². The number of hydrogen-bond acceptors (Lipinski definition) is 4. The number of hydrogen-bond donors (Lipinski definition) is 2. The molecular weight excluding hydrogens is 367 g/mol. The molecule has 26 heavy (non-hydrogen) atoms. The van der Waals surface area contributed by atoms with Gasteiger partial charge in [0.05, 0.1) is 5.52 Å². The van der Waals surface area contributed by atoms with Crippen LogP contribution in [0.1, 0.15) is 18.5 Å². The number of aromatic nitrogens is 1. The van der Waals surface area contributed by atoms with Gasteiger partial charge in [-0.3, -0.25) is 0 Å². The molecule has 0 aliphatic carbocycles. The number of pyridine rings is 1. The molecule has 0 aliphatic rings. The summed E-state index contributed by atoms with van der Waals surface area (Å²) in [6, 6.07) is 12.9. The van der Waals surface area contributed by atoms with E-state index >= 15 is 0 Å². The van der Waals surface area contributed by atoms with Gasteiger partial charge in [0, 0.05) is 28.9 Å². The number of anilines is 2. The fourth-order valence-corrected chi connectivity index (χ4v) is 2.79. The van der Waals surface area contributed by atoms with Gasteiger partial charge in [-0.25, -0.2) is 4.98 Å². The molecule has 1 unspecified atom stereocenters. The number of nitrogens with zero attached hydrogens (tertiary/aromatic N) is 1. The maximum absolute atomic E-state index is 12.4. The van der Waals surface area contributed by atoms with Gasteiger partial charge >= 0.3 is 6.36 Å². The molecule has 136 valence electrons. The molecule has 0 bridgehead atoms. The summed E-state index contributed by atoms with van der Waals surface area (Å²) in [5.41, 5.74) is 8.31. The lowest BCUT2D eigenvalue weighted by Gasteiger charge is -2.18. The minimum absolute atomic E-state index is 0.0802. The van der Waals surface area contributed by atoms with Crippen molar-refractivity contribution >= 4 is 33.9 Å². The molecule has 2 aromatic carbocycles. The minimum Gasteiger partial charge on any atom is -0.406 e. The molecule has 0 amide bonds. The Morgan fingerprint density at radius 1 is 1.12 bits per heavy atom. The third-order valence-electron chi connectivity index (χ3n) is 3.79. The van der Waals surface area contributed by atoms with Gasteiger partial charge in [0.1, 0.15) is 10.9 Å². The van der Waals surface area contributed by atoms with Crippen LogP contribution in [-0.2, 0) is 0 Å². The summed E-state index contributed by atoms with van der Waals surface area (Å²) in [5.74, 6) is -0.350. The molecule has 3 aromatic rings. The van der Waals surface area contributed by atoms with Crippen molar-refractivity contribution in [3.63, 3.8) is 0 Å². The second-order valence-electron chi connectivity index (χ2n) is 5.75. The van der Waals surface area contributed by atoms with E-state index in [-0.39, 0.29) is 16.9 Å². The summed E-state index contributed by atoms with van der Waals surface area (Å²) >= 11 is 6.03. The van der Waals surface area contributed by atoms with Crippen LogP contribution in [0.4, 0.5) is 24.5 Å². The Balaban J connectivity index is 1.93. The Labute approximate surface area is 152 Å². The first-order valence-corrected chi connectivity index (χ1v) is 8.07. The number of fused-ring (bicyclic) bond motifs is 1. The van der Waals surface area contributed by atoms with Crippen LogP contribution in [0, 0.1) is 0 Å². The maximum Gasteiger partial charge on any atom is 0.573 e. The topological polar surface area (TPSA) is 60.2 Å². The Morgan fingerprint density at radius 3 is 2.46 bits per heavy atom. The van der Waals surface area contributed by atoms with Crippen LogP contribution in [0.2, 0.25) is 5.15 Å². The Kier molecular flexibility index (Phi) is 4.82. The third kappa shape index (κ3) is 4.29. The van der Waals surface area contributed by atoms with Crippen molar-refractivity contribution in [3.05, 3.63) is 59.2 Å². The van der Waals surface area contributed by atoms with Gasteiger partial charge in [-0.2, -0.15) is 0 Å². The van der Waals surface area contributed by atoms with Crippen LogP contribution in [0.5, 0.6) is 5.75 Å². The van der Waals surface area contributed by atoms with Crippen LogP contribution in [-0.4, -0.2) is 11.3 Å². The molecule has 4 nitrogen and oxygen atoms in total. The molecule has 1 heterocycles. The lowest BCUT2D eigenvalue weighted by molar-refractivity contribution is -0.274. The van der Waals surface area contributed by atoms with Crippen LogP contribution in [0.3, 0.4) is 0 Å². The van der Waals surface area contributed by atoms with Crippen molar-refractivity contribution in [1.29, 1.82) is 0 Å². The van der Waals surface area contributed by atoms with Crippen molar-refractivity contribution in [1.82, 2.24) is 4.98 Å². The summed E-state index contributed by atoms with van der Waals surface area (Å²) in [6.07, 6.45) is -4.77. The van der Waals surface area contributed by atoms with E-state index in [9.17, 15) is 13.2 Å². The number of nitrogen functional groups attached to an aromatic ring is 1. The molecule has 0 fully saturated rings. The van der Waals surface area contributed by atoms with Crippen molar-refractivity contribution in [2.75, 3.05) is 11.1 Å². The lowest BCUT2D eigenvalue weighted by Crippen LogP contribution is -2.17. The van der Waals surface area contributed by atoms with Crippen molar-refractivity contribution in [3.8, 4) is 5.75 Å². The molecule has 0 aliphatic heterocycles. The normalized spacial score (nSPS) is 12.8. The number of nitrogens with two attached hydrogens (primary N) is 1. The van der Waals surface area contributed by atoms with E-state index < -0.39 is 6.36 Å². The Bertz CT molecular complexity index is 929. The number of nitrogens with one attached hydrogen (secondary N) is 1. The molecule has 0 saturated heterocycles. The molecule has 1 atom stereocenters. The second kappa shape index (κ2) is 6.92. The molecule has 0 saturated carbocycles. The number of benzene rings is 2. The van der Waals surface area contributed by atoms with E-state index in [0.29, 0.717) is 22.3 Å². The zero-order chi connectivity index (χ0) is 18.9. The monoisotopic (exact) mass is 381 g/mol. The van der Waals surface area contributed by atoms with Gasteiger partial charge in [0.15, 0.2) is 0 Å². The number of rotatable bonds is 4. The average Bonchev–Trinajstić information content (AvgIpc) is 2.53. The maximum atomic E-state index is 12.4. The van der Waals surface area contributed by atoms with E-state index in [1.54, 1.807) is 18.2 Å². The molecule has 1 aromatic heterocycles. The first kappa shape index (κ1) is 18.1. The van der Waals surface area contributed by atoms with Crippen LogP contribution < -0.4 is 15.8 Å². The van der Waals surface area contributed by atoms with Gasteiger partial charge < -0.3 is 15.8 Å². The van der Waals surface area contributed by atoms with Gasteiger partial charge in [0.2, 0.25) is 0 Å². The average molecular weight is 382 g/mol. The predicted molar refractivity (Wildman–Crippen MR) is 96.3 cm³/mol. The lowest BCUT2D eigenvalue weighted by atomic mass is 10.1. The zero-order valence-corrected chi connectivity index (χ0v) is 14.4. The highest BCUT2D eigenvalue weighted by atomic mass is 35.5. The van der Waals surface area contributed by atoms with E-state index in [0.717, 1.165) is 5.56 Å². The summed E-state index contributed by atoms with van der Waals surface area (Å²) in [5, 5.41) is 4.09. The largest absolute Gasteiger partial charge is 0.573 e. The summed E-state index contributed by atoms with van der Waals surface area (Å²) < 4.78 is 41.1. The van der Waals surface area contributed by atoms with Gasteiger partial charge in [0.25, 0.3) is 0 Å². The molecule has 3 N–H and O–H groups in total. The first-order chi connectivity index (χ1) is 12.2. The predicted octanol–water partition coefficient (Wildman–Crippen LogP) is 5.54. The van der Waals surface area contributed by atoms with Crippen molar-refractivity contribution < 1.29 is 17.9 Å². The Hall–Kier alpha value is -2.67. The SMILES string of the molecule is CC(Nc1cc(Cl)nc2cc(OC(F)(F)F)ccc12)c1ccc(N)cc1. The van der Waals surface area contributed by atoms with E-state index in [1.807, 2.05) is 19.1 Å². The fourth-order valence-electron chi connectivity index (χ4n) is 2.59. The number of halogens is 4. The molecule has 0 radical (unpaired) electrons. The third-order valence-corrected chi connectivity index (χ3v) is 3.99. The standard InChI is InChI=1S/C18H15ClF3N3O/c1-10(11-2-4-12(23)5-3-11)24-16-9-17(19)25-15-8-13(6-7-14(15)16)26-18(20,21)22/h2-10H,23H2,1H3,(H,24,25). The summed E-state index contributed by atoms with van der Waals surface area (Å²) in [4.78, 5) is 4.08. The Morgan fingerprint density at radius 2 is 1.81 bits per heavy atom. The van der Waals surface area contributed by atoms with Crippen LogP contribution in [0.15, 0.2) is 48.5 Å². The highest BCUT2D eigenvalue weighted by molar-refractivity contribution is 6.30. The van der Waals surface area contributed by atoms with Crippen molar-refractivity contribution in [2.45, 2.75) is 19.3 Å². The van der Waals surface area contributed by atoms with Crippen molar-refractivity contribution in [2.24, 2.45) is 0 Å². The molecule has 3 rings (SSSR count). The molecule has 0 spiro atoms. The molecular formula is C18H15ClF3N3O. The van der Waals surface area contributed by atoms with E-state index in [4.69, 9.17) is 17.3 Å². The summed E-state index contributed by atoms with van der Waals surface area (Å²) in [6.45, 7) is 1.95. The minimum atomic E-state index is -4.77. The van der Waals surface area contributed by atoms with E-state index in [1.165, 1.54) is 18.2 Å².